The number of carbonyl (C=O) groups is 1. The third kappa shape index (κ3) is 3.91. The van der Waals surface area contributed by atoms with Crippen LogP contribution in [0, 0.1) is 11.7 Å². The minimum absolute atomic E-state index is 0.0525. The van der Waals surface area contributed by atoms with Crippen LogP contribution < -0.4 is 5.32 Å². The molecule has 2 aromatic heterocycles. The lowest BCUT2D eigenvalue weighted by Crippen LogP contribution is -2.40. The molecule has 3 atom stereocenters. The molecule has 1 amide bonds. The first kappa shape index (κ1) is 18.2. The molecule has 144 valence electrons. The molecule has 0 bridgehead atoms. The van der Waals surface area contributed by atoms with Crippen molar-refractivity contribution in [3.63, 3.8) is 0 Å². The van der Waals surface area contributed by atoms with Crippen LogP contribution in [0.25, 0.3) is 11.1 Å². The molecule has 2 heterocycles. The third-order valence-electron chi connectivity index (χ3n) is 5.06. The van der Waals surface area contributed by atoms with E-state index in [9.17, 15) is 14.3 Å². The van der Waals surface area contributed by atoms with Gasteiger partial charge in [-0.3, -0.25) is 9.48 Å². The number of hydrogen-bond donors (Lipinski definition) is 2. The third-order valence-corrected chi connectivity index (χ3v) is 5.06. The molecule has 28 heavy (non-hydrogen) atoms. The minimum Gasteiger partial charge on any atom is -0.391 e. The molecule has 1 saturated carbocycles. The van der Waals surface area contributed by atoms with Gasteiger partial charge in [-0.05, 0) is 42.5 Å². The first-order valence-electron chi connectivity index (χ1n) is 9.11. The van der Waals surface area contributed by atoms with E-state index in [2.05, 4.69) is 20.4 Å². The molecule has 1 unspecified atom stereocenters. The van der Waals surface area contributed by atoms with Gasteiger partial charge in [-0.2, -0.15) is 5.10 Å². The molecule has 8 heteroatoms. The second-order valence-electron chi connectivity index (χ2n) is 7.03. The molecule has 1 aliphatic carbocycles. The molecule has 1 fully saturated rings. The Morgan fingerprint density at radius 3 is 2.79 bits per heavy atom. The average Bonchev–Trinajstić information content (AvgIpc) is 3.32. The number of aliphatic hydroxyl groups excluding tert-OH is 1. The maximum atomic E-state index is 14.5. The van der Waals surface area contributed by atoms with Crippen molar-refractivity contribution < 1.29 is 14.3 Å². The molecule has 4 rings (SSSR count). The molecule has 1 aromatic carbocycles. The number of amides is 1. The van der Waals surface area contributed by atoms with Crippen LogP contribution in [0.1, 0.15) is 23.2 Å². The highest BCUT2D eigenvalue weighted by molar-refractivity contribution is 5.95. The topological polar surface area (TPSA) is 92.9 Å². The number of aromatic nitrogens is 4. The van der Waals surface area contributed by atoms with Crippen LogP contribution in [0.5, 0.6) is 0 Å². The molecule has 0 radical (unpaired) electrons. The van der Waals surface area contributed by atoms with Crippen LogP contribution >= 0.6 is 0 Å². The van der Waals surface area contributed by atoms with E-state index in [4.69, 9.17) is 0 Å². The number of nitrogens with one attached hydrogen (secondary N) is 1. The summed E-state index contributed by atoms with van der Waals surface area (Å²) < 4.78 is 16.3. The number of aliphatic hydroxyl groups is 1. The van der Waals surface area contributed by atoms with E-state index in [0.717, 1.165) is 0 Å². The van der Waals surface area contributed by atoms with Crippen LogP contribution in [0.15, 0.2) is 55.4 Å². The summed E-state index contributed by atoms with van der Waals surface area (Å²) in [5.41, 5.74) is 1.21. The predicted molar refractivity (Wildman–Crippen MR) is 99.6 cm³/mol. The van der Waals surface area contributed by atoms with E-state index >= 15 is 0 Å². The smallest absolute Gasteiger partial charge is 0.254 e. The molecule has 0 spiro atoms. The standard InChI is InChI=1S/C20H20FN5O2/c21-17-8-14(15-9-22-12-23-10-15)2-3-16(17)20(28)25-18-6-13(7-19(18)27)11-26-5-1-4-24-26/h1-5,8-10,12-13,18-19,27H,6-7,11H2,(H,25,28)/t13?,18-,19-/m1/s1. The predicted octanol–water partition coefficient (Wildman–Crippen LogP) is 2.05. The van der Waals surface area contributed by atoms with Gasteiger partial charge >= 0.3 is 0 Å². The minimum atomic E-state index is -0.659. The van der Waals surface area contributed by atoms with Crippen molar-refractivity contribution >= 4 is 5.91 Å². The Balaban J connectivity index is 1.42. The summed E-state index contributed by atoms with van der Waals surface area (Å²) in [5.74, 6) is -0.956. The summed E-state index contributed by atoms with van der Waals surface area (Å²) in [6.07, 6.45) is 8.66. The molecule has 0 saturated heterocycles. The maximum Gasteiger partial charge on any atom is 0.254 e. The number of nitrogens with zero attached hydrogens (tertiary/aromatic N) is 4. The highest BCUT2D eigenvalue weighted by Crippen LogP contribution is 2.28. The summed E-state index contributed by atoms with van der Waals surface area (Å²) in [7, 11) is 0. The molecule has 3 aromatic rings. The van der Waals surface area contributed by atoms with Gasteiger partial charge in [0, 0.05) is 36.9 Å². The first-order valence-corrected chi connectivity index (χ1v) is 9.11. The van der Waals surface area contributed by atoms with E-state index in [1.165, 1.54) is 18.5 Å². The van der Waals surface area contributed by atoms with Crippen LogP contribution in [0.2, 0.25) is 0 Å². The van der Waals surface area contributed by atoms with Crippen LogP contribution in [0.3, 0.4) is 0 Å². The number of hydrogen-bond acceptors (Lipinski definition) is 5. The van der Waals surface area contributed by atoms with Gasteiger partial charge in [-0.15, -0.1) is 0 Å². The fourth-order valence-electron chi connectivity index (χ4n) is 3.67. The van der Waals surface area contributed by atoms with E-state index in [1.54, 1.807) is 24.7 Å². The Morgan fingerprint density at radius 1 is 1.25 bits per heavy atom. The Morgan fingerprint density at radius 2 is 2.07 bits per heavy atom. The summed E-state index contributed by atoms with van der Waals surface area (Å²) >= 11 is 0. The first-order chi connectivity index (χ1) is 13.6. The summed E-state index contributed by atoms with van der Waals surface area (Å²) in [4.78, 5) is 20.4. The van der Waals surface area contributed by atoms with Gasteiger partial charge in [0.05, 0.1) is 17.7 Å². The SMILES string of the molecule is O=C(N[C@@H]1CC(Cn2cccn2)C[C@H]1O)c1ccc(-c2cncnc2)cc1F. The highest BCUT2D eigenvalue weighted by atomic mass is 19.1. The van der Waals surface area contributed by atoms with Crippen molar-refractivity contribution in [3.8, 4) is 11.1 Å². The van der Waals surface area contributed by atoms with Gasteiger partial charge in [-0.25, -0.2) is 14.4 Å². The second-order valence-corrected chi connectivity index (χ2v) is 7.03. The zero-order valence-electron chi connectivity index (χ0n) is 15.1. The van der Waals surface area contributed by atoms with Gasteiger partial charge < -0.3 is 10.4 Å². The lowest BCUT2D eigenvalue weighted by atomic mass is 10.0. The number of rotatable bonds is 5. The molecule has 7 nitrogen and oxygen atoms in total. The van der Waals surface area contributed by atoms with Crippen molar-refractivity contribution in [2.75, 3.05) is 0 Å². The van der Waals surface area contributed by atoms with Crippen LogP contribution in [-0.4, -0.2) is 42.9 Å². The van der Waals surface area contributed by atoms with E-state index in [0.29, 0.717) is 30.5 Å². The molecule has 2 N–H and O–H groups in total. The monoisotopic (exact) mass is 381 g/mol. The van der Waals surface area contributed by atoms with Crippen molar-refractivity contribution in [1.29, 1.82) is 0 Å². The number of halogens is 1. The van der Waals surface area contributed by atoms with Crippen LogP contribution in [0.4, 0.5) is 4.39 Å². The number of carbonyl (C=O) groups excluding carboxylic acids is 1. The lowest BCUT2D eigenvalue weighted by Gasteiger charge is -2.17. The van der Waals surface area contributed by atoms with E-state index < -0.39 is 23.9 Å². The van der Waals surface area contributed by atoms with Gasteiger partial charge in [0.1, 0.15) is 12.1 Å². The zero-order valence-corrected chi connectivity index (χ0v) is 15.1. The average molecular weight is 381 g/mol. The lowest BCUT2D eigenvalue weighted by molar-refractivity contribution is 0.0869. The van der Waals surface area contributed by atoms with Crippen molar-refractivity contribution in [1.82, 2.24) is 25.1 Å². The van der Waals surface area contributed by atoms with E-state index in [-0.39, 0.29) is 11.5 Å². The fraction of sp³-hybridized carbons (Fsp3) is 0.300. The highest BCUT2D eigenvalue weighted by Gasteiger charge is 2.34. The zero-order chi connectivity index (χ0) is 19.5. The fourth-order valence-corrected chi connectivity index (χ4v) is 3.67. The summed E-state index contributed by atoms with van der Waals surface area (Å²) in [6, 6.07) is 5.82. The van der Waals surface area contributed by atoms with Crippen molar-refractivity contribution in [3.05, 3.63) is 66.8 Å². The van der Waals surface area contributed by atoms with Gasteiger partial charge in [0.15, 0.2) is 0 Å². The quantitative estimate of drug-likeness (QED) is 0.706. The maximum absolute atomic E-state index is 14.5. The van der Waals surface area contributed by atoms with Crippen molar-refractivity contribution in [2.45, 2.75) is 31.5 Å². The Hall–Kier alpha value is -3.13. The summed E-state index contributed by atoms with van der Waals surface area (Å²) in [6.45, 7) is 0.679. The molecular weight excluding hydrogens is 361 g/mol. The van der Waals surface area contributed by atoms with Crippen molar-refractivity contribution in [2.24, 2.45) is 5.92 Å². The Bertz CT molecular complexity index is 948. The molecule has 1 aliphatic rings. The summed E-state index contributed by atoms with van der Waals surface area (Å²) in [5, 5.41) is 17.2. The van der Waals surface area contributed by atoms with E-state index in [1.807, 2.05) is 16.9 Å². The van der Waals surface area contributed by atoms with Gasteiger partial charge in [-0.1, -0.05) is 6.07 Å². The number of benzene rings is 1. The second kappa shape index (κ2) is 7.85. The van der Waals surface area contributed by atoms with Gasteiger partial charge in [0.2, 0.25) is 0 Å². The van der Waals surface area contributed by atoms with Crippen LogP contribution in [-0.2, 0) is 6.54 Å². The molecular formula is C20H20FN5O2. The Labute approximate surface area is 161 Å². The Kier molecular flexibility index (Phi) is 5.12. The normalized spacial score (nSPS) is 21.6. The molecule has 0 aliphatic heterocycles. The largest absolute Gasteiger partial charge is 0.391 e. The van der Waals surface area contributed by atoms with Gasteiger partial charge in [0.25, 0.3) is 5.91 Å².